The third-order valence-electron chi connectivity index (χ3n) is 3.38. The van der Waals surface area contributed by atoms with Crippen molar-refractivity contribution in [2.24, 2.45) is 0 Å². The smallest absolute Gasteiger partial charge is 0.132 e. The Morgan fingerprint density at radius 1 is 1.26 bits per heavy atom. The summed E-state index contributed by atoms with van der Waals surface area (Å²) in [4.78, 5) is 10.9. The molecule has 1 aliphatic carbocycles. The molecule has 1 aliphatic rings. The highest BCUT2D eigenvalue weighted by molar-refractivity contribution is 5.46. The summed E-state index contributed by atoms with van der Waals surface area (Å²) in [6, 6.07) is 10.7. The fraction of sp³-hybridized carbons (Fsp3) is 0.333. The zero-order valence-electron chi connectivity index (χ0n) is 11.1. The monoisotopic (exact) mass is 254 g/mol. The lowest BCUT2D eigenvalue weighted by molar-refractivity contribution is 0.774. The maximum Gasteiger partial charge on any atom is 0.132 e. The van der Waals surface area contributed by atoms with Crippen LogP contribution in [0.15, 0.2) is 36.7 Å². The lowest BCUT2D eigenvalue weighted by Crippen LogP contribution is -2.26. The normalized spacial score (nSPS) is 14.4. The van der Waals surface area contributed by atoms with E-state index in [1.165, 1.54) is 18.4 Å². The SMILES string of the molecule is Cc1cc(N(Cc2cccc(N)c2)C2CC2)ncn1. The molecular weight excluding hydrogens is 236 g/mol. The Bertz CT molecular complexity index is 578. The number of nitrogens with two attached hydrogens (primary N) is 1. The van der Waals surface area contributed by atoms with E-state index in [-0.39, 0.29) is 0 Å². The van der Waals surface area contributed by atoms with Gasteiger partial charge in [0.05, 0.1) is 0 Å². The van der Waals surface area contributed by atoms with Gasteiger partial charge >= 0.3 is 0 Å². The first-order valence-electron chi connectivity index (χ1n) is 6.62. The number of nitrogen functional groups attached to an aromatic ring is 1. The van der Waals surface area contributed by atoms with Crippen molar-refractivity contribution >= 4 is 11.5 Å². The van der Waals surface area contributed by atoms with Crippen molar-refractivity contribution < 1.29 is 0 Å². The van der Waals surface area contributed by atoms with Crippen LogP contribution in [-0.4, -0.2) is 16.0 Å². The molecule has 0 unspecified atom stereocenters. The highest BCUT2D eigenvalue weighted by Gasteiger charge is 2.30. The largest absolute Gasteiger partial charge is 0.399 e. The number of anilines is 2. The maximum absolute atomic E-state index is 5.84. The van der Waals surface area contributed by atoms with Gasteiger partial charge in [0.15, 0.2) is 0 Å². The van der Waals surface area contributed by atoms with E-state index in [1.807, 2.05) is 31.2 Å². The summed E-state index contributed by atoms with van der Waals surface area (Å²) in [5.74, 6) is 1.01. The molecule has 2 N–H and O–H groups in total. The van der Waals surface area contributed by atoms with Gasteiger partial charge in [0, 0.05) is 30.0 Å². The number of benzene rings is 1. The molecule has 3 rings (SSSR count). The van der Waals surface area contributed by atoms with E-state index < -0.39 is 0 Å². The van der Waals surface area contributed by atoms with Gasteiger partial charge in [0.25, 0.3) is 0 Å². The quantitative estimate of drug-likeness (QED) is 0.852. The molecule has 0 radical (unpaired) electrons. The van der Waals surface area contributed by atoms with Crippen molar-refractivity contribution in [2.45, 2.75) is 32.4 Å². The first-order chi connectivity index (χ1) is 9.22. The Balaban J connectivity index is 1.86. The van der Waals surface area contributed by atoms with Gasteiger partial charge in [-0.2, -0.15) is 0 Å². The Morgan fingerprint density at radius 3 is 2.79 bits per heavy atom. The number of hydrogen-bond acceptors (Lipinski definition) is 4. The minimum atomic E-state index is 0.607. The molecule has 0 amide bonds. The lowest BCUT2D eigenvalue weighted by atomic mass is 10.2. The molecular formula is C15H18N4. The molecule has 0 saturated heterocycles. The third-order valence-corrected chi connectivity index (χ3v) is 3.38. The van der Waals surface area contributed by atoms with Crippen molar-refractivity contribution in [2.75, 3.05) is 10.6 Å². The number of rotatable bonds is 4. The van der Waals surface area contributed by atoms with Crippen LogP contribution in [0.5, 0.6) is 0 Å². The fourth-order valence-corrected chi connectivity index (χ4v) is 2.27. The second-order valence-electron chi connectivity index (χ2n) is 5.12. The molecule has 0 atom stereocenters. The van der Waals surface area contributed by atoms with Crippen LogP contribution in [0.2, 0.25) is 0 Å². The van der Waals surface area contributed by atoms with Gasteiger partial charge in [-0.3, -0.25) is 0 Å². The topological polar surface area (TPSA) is 55.0 Å². The molecule has 98 valence electrons. The highest BCUT2D eigenvalue weighted by Crippen LogP contribution is 2.32. The van der Waals surface area contributed by atoms with Gasteiger partial charge in [-0.1, -0.05) is 12.1 Å². The Hall–Kier alpha value is -2.10. The summed E-state index contributed by atoms with van der Waals surface area (Å²) in [5, 5.41) is 0. The molecule has 19 heavy (non-hydrogen) atoms. The number of aryl methyl sites for hydroxylation is 1. The first-order valence-corrected chi connectivity index (χ1v) is 6.62. The van der Waals surface area contributed by atoms with Crippen molar-refractivity contribution in [3.05, 3.63) is 47.9 Å². The van der Waals surface area contributed by atoms with E-state index >= 15 is 0 Å². The van der Waals surface area contributed by atoms with Gasteiger partial charge < -0.3 is 10.6 Å². The molecule has 0 bridgehead atoms. The Morgan fingerprint density at radius 2 is 2.11 bits per heavy atom. The maximum atomic E-state index is 5.84. The minimum Gasteiger partial charge on any atom is -0.399 e. The van der Waals surface area contributed by atoms with Crippen molar-refractivity contribution in [1.82, 2.24) is 9.97 Å². The number of nitrogens with zero attached hydrogens (tertiary/aromatic N) is 3. The van der Waals surface area contributed by atoms with Gasteiger partial charge in [-0.15, -0.1) is 0 Å². The van der Waals surface area contributed by atoms with Crippen LogP contribution in [-0.2, 0) is 6.54 Å². The molecule has 1 saturated carbocycles. The zero-order valence-corrected chi connectivity index (χ0v) is 11.1. The van der Waals surface area contributed by atoms with Crippen LogP contribution in [0, 0.1) is 6.92 Å². The van der Waals surface area contributed by atoms with E-state index in [0.717, 1.165) is 23.7 Å². The molecule has 2 aromatic rings. The molecule has 1 fully saturated rings. The molecule has 0 spiro atoms. The third kappa shape index (κ3) is 2.84. The molecule has 1 aromatic carbocycles. The van der Waals surface area contributed by atoms with Crippen molar-refractivity contribution in [3.63, 3.8) is 0 Å². The lowest BCUT2D eigenvalue weighted by Gasteiger charge is -2.23. The number of aromatic nitrogens is 2. The van der Waals surface area contributed by atoms with Crippen molar-refractivity contribution in [1.29, 1.82) is 0 Å². The summed E-state index contributed by atoms with van der Waals surface area (Å²) in [6.45, 7) is 2.85. The summed E-state index contributed by atoms with van der Waals surface area (Å²) < 4.78 is 0. The summed E-state index contributed by atoms with van der Waals surface area (Å²) >= 11 is 0. The average molecular weight is 254 g/mol. The summed E-state index contributed by atoms with van der Waals surface area (Å²) in [5.41, 5.74) is 8.88. The van der Waals surface area contributed by atoms with Crippen LogP contribution >= 0.6 is 0 Å². The summed E-state index contributed by atoms with van der Waals surface area (Å²) in [7, 11) is 0. The van der Waals surface area contributed by atoms with Crippen LogP contribution in [0.1, 0.15) is 24.1 Å². The van der Waals surface area contributed by atoms with Crippen LogP contribution in [0.4, 0.5) is 11.5 Å². The van der Waals surface area contributed by atoms with Gasteiger partial charge in [-0.05, 0) is 37.5 Å². The van der Waals surface area contributed by atoms with Gasteiger partial charge in [0.2, 0.25) is 0 Å². The minimum absolute atomic E-state index is 0.607. The van der Waals surface area contributed by atoms with Crippen LogP contribution < -0.4 is 10.6 Å². The van der Waals surface area contributed by atoms with E-state index in [2.05, 4.69) is 20.9 Å². The van der Waals surface area contributed by atoms with E-state index in [1.54, 1.807) is 6.33 Å². The Kier molecular flexibility index (Phi) is 3.07. The second-order valence-corrected chi connectivity index (χ2v) is 5.12. The number of hydrogen-bond donors (Lipinski definition) is 1. The molecule has 1 heterocycles. The van der Waals surface area contributed by atoms with E-state index in [4.69, 9.17) is 5.73 Å². The molecule has 1 aromatic heterocycles. The highest BCUT2D eigenvalue weighted by atomic mass is 15.2. The summed E-state index contributed by atoms with van der Waals surface area (Å²) in [6.07, 6.45) is 4.12. The van der Waals surface area contributed by atoms with Crippen molar-refractivity contribution in [3.8, 4) is 0 Å². The standard InChI is InChI=1S/C15H18N4/c1-11-7-15(18-10-17-11)19(14-5-6-14)9-12-3-2-4-13(16)8-12/h2-4,7-8,10,14H,5-6,9,16H2,1H3. The molecule has 4 heteroatoms. The second kappa shape index (κ2) is 4.88. The van der Waals surface area contributed by atoms with E-state index in [0.29, 0.717) is 6.04 Å². The zero-order chi connectivity index (χ0) is 13.2. The predicted octanol–water partition coefficient (Wildman–Crippen LogP) is 2.54. The van der Waals surface area contributed by atoms with Crippen LogP contribution in [0.3, 0.4) is 0 Å². The first kappa shape index (κ1) is 12.0. The van der Waals surface area contributed by atoms with E-state index in [9.17, 15) is 0 Å². The van der Waals surface area contributed by atoms with Gasteiger partial charge in [-0.25, -0.2) is 9.97 Å². The van der Waals surface area contributed by atoms with Gasteiger partial charge in [0.1, 0.15) is 12.1 Å². The molecule has 0 aliphatic heterocycles. The average Bonchev–Trinajstić information content (AvgIpc) is 3.20. The Labute approximate surface area is 113 Å². The van der Waals surface area contributed by atoms with Crippen LogP contribution in [0.25, 0.3) is 0 Å². The molecule has 4 nitrogen and oxygen atoms in total. The predicted molar refractivity (Wildman–Crippen MR) is 76.8 cm³/mol. The fourth-order valence-electron chi connectivity index (χ4n) is 2.27.